The van der Waals surface area contributed by atoms with Crippen LogP contribution in [0, 0.1) is 6.92 Å². The van der Waals surface area contributed by atoms with Crippen molar-refractivity contribution in [1.29, 1.82) is 0 Å². The van der Waals surface area contributed by atoms with E-state index in [1.165, 1.54) is 15.4 Å². The Labute approximate surface area is 93.8 Å². The van der Waals surface area contributed by atoms with Gasteiger partial charge in [0.2, 0.25) is 0 Å². The fourth-order valence-corrected chi connectivity index (χ4v) is 2.55. The molecule has 78 valence electrons. The lowest BCUT2D eigenvalue weighted by Gasteiger charge is -1.99. The Balaban J connectivity index is 2.48. The monoisotopic (exact) mass is 218 g/mol. The van der Waals surface area contributed by atoms with Gasteiger partial charge in [-0.15, -0.1) is 11.3 Å². The number of aryl methyl sites for hydroxylation is 2. The van der Waals surface area contributed by atoms with Gasteiger partial charge in [0.1, 0.15) is 0 Å². The number of thiazole rings is 1. The van der Waals surface area contributed by atoms with E-state index in [4.69, 9.17) is 5.73 Å². The van der Waals surface area contributed by atoms with Crippen LogP contribution in [0.4, 0.5) is 5.69 Å². The quantitative estimate of drug-likeness (QED) is 0.786. The van der Waals surface area contributed by atoms with Crippen LogP contribution in [0.25, 0.3) is 10.4 Å². The highest BCUT2D eigenvalue weighted by molar-refractivity contribution is 7.15. The van der Waals surface area contributed by atoms with Gasteiger partial charge >= 0.3 is 0 Å². The molecular weight excluding hydrogens is 204 g/mol. The van der Waals surface area contributed by atoms with Gasteiger partial charge in [-0.3, -0.25) is 0 Å². The summed E-state index contributed by atoms with van der Waals surface area (Å²) < 4.78 is 0. The van der Waals surface area contributed by atoms with Crippen LogP contribution in [0.15, 0.2) is 24.3 Å². The zero-order valence-corrected chi connectivity index (χ0v) is 9.77. The van der Waals surface area contributed by atoms with Gasteiger partial charge in [0.15, 0.2) is 0 Å². The molecule has 0 unspecified atom stereocenters. The SMILES string of the molecule is CCc1nc(C)c(-c2cccc(N)c2)s1. The smallest absolute Gasteiger partial charge is 0.0931 e. The van der Waals surface area contributed by atoms with Crippen molar-refractivity contribution in [3.05, 3.63) is 35.0 Å². The van der Waals surface area contributed by atoms with E-state index in [0.29, 0.717) is 0 Å². The number of rotatable bonds is 2. The first-order chi connectivity index (χ1) is 7.20. The van der Waals surface area contributed by atoms with Gasteiger partial charge < -0.3 is 5.73 Å². The Bertz CT molecular complexity index is 474. The maximum atomic E-state index is 5.77. The van der Waals surface area contributed by atoms with Crippen molar-refractivity contribution < 1.29 is 0 Å². The average molecular weight is 218 g/mol. The highest BCUT2D eigenvalue weighted by Crippen LogP contribution is 2.30. The molecule has 1 aromatic heterocycles. The van der Waals surface area contributed by atoms with Gasteiger partial charge in [-0.25, -0.2) is 4.98 Å². The van der Waals surface area contributed by atoms with E-state index in [-0.39, 0.29) is 0 Å². The van der Waals surface area contributed by atoms with E-state index < -0.39 is 0 Å². The highest BCUT2D eigenvalue weighted by atomic mass is 32.1. The summed E-state index contributed by atoms with van der Waals surface area (Å²) in [4.78, 5) is 5.75. The van der Waals surface area contributed by atoms with Gasteiger partial charge in [-0.05, 0) is 31.0 Å². The number of hydrogen-bond acceptors (Lipinski definition) is 3. The molecule has 0 radical (unpaired) electrons. The van der Waals surface area contributed by atoms with Crippen LogP contribution in [0.5, 0.6) is 0 Å². The second-order valence-corrected chi connectivity index (χ2v) is 4.58. The second-order valence-electron chi connectivity index (χ2n) is 3.50. The van der Waals surface area contributed by atoms with Crippen molar-refractivity contribution in [2.75, 3.05) is 5.73 Å². The first-order valence-corrected chi connectivity index (χ1v) is 5.84. The summed E-state index contributed by atoms with van der Waals surface area (Å²) in [7, 11) is 0. The normalized spacial score (nSPS) is 10.5. The number of hydrogen-bond donors (Lipinski definition) is 1. The van der Waals surface area contributed by atoms with Gasteiger partial charge in [-0.2, -0.15) is 0 Å². The molecule has 0 bridgehead atoms. The Morgan fingerprint density at radius 3 is 2.80 bits per heavy atom. The standard InChI is InChI=1S/C12H14N2S/c1-3-11-14-8(2)12(15-11)9-5-4-6-10(13)7-9/h4-7H,3,13H2,1-2H3. The summed E-state index contributed by atoms with van der Waals surface area (Å²) >= 11 is 1.75. The van der Waals surface area contributed by atoms with Gasteiger partial charge in [0, 0.05) is 5.69 Å². The van der Waals surface area contributed by atoms with E-state index in [0.717, 1.165) is 17.8 Å². The molecule has 0 spiro atoms. The topological polar surface area (TPSA) is 38.9 Å². The lowest BCUT2D eigenvalue weighted by molar-refractivity contribution is 1.07. The van der Waals surface area contributed by atoms with Crippen LogP contribution < -0.4 is 5.73 Å². The number of nitrogens with two attached hydrogens (primary N) is 1. The molecule has 2 N–H and O–H groups in total. The van der Waals surface area contributed by atoms with Gasteiger partial charge in [0.25, 0.3) is 0 Å². The summed E-state index contributed by atoms with van der Waals surface area (Å²) in [5, 5.41) is 1.19. The minimum atomic E-state index is 0.804. The van der Waals surface area contributed by atoms with Crippen molar-refractivity contribution >= 4 is 17.0 Å². The lowest BCUT2D eigenvalue weighted by Crippen LogP contribution is -1.84. The molecule has 0 saturated heterocycles. The van der Waals surface area contributed by atoms with Crippen molar-refractivity contribution in [2.45, 2.75) is 20.3 Å². The predicted molar refractivity (Wildman–Crippen MR) is 66.1 cm³/mol. The predicted octanol–water partition coefficient (Wildman–Crippen LogP) is 3.26. The summed E-state index contributed by atoms with van der Waals surface area (Å²) in [5.41, 5.74) is 8.84. The van der Waals surface area contributed by atoms with E-state index in [9.17, 15) is 0 Å². The van der Waals surface area contributed by atoms with E-state index >= 15 is 0 Å². The van der Waals surface area contributed by atoms with E-state index in [2.05, 4.69) is 18.0 Å². The summed E-state index contributed by atoms with van der Waals surface area (Å²) in [6.45, 7) is 4.18. The molecule has 1 heterocycles. The molecule has 3 heteroatoms. The minimum absolute atomic E-state index is 0.804. The van der Waals surface area contributed by atoms with Crippen molar-refractivity contribution in [3.63, 3.8) is 0 Å². The molecule has 2 rings (SSSR count). The van der Waals surface area contributed by atoms with E-state index in [1.807, 2.05) is 25.1 Å². The molecule has 1 aromatic carbocycles. The second kappa shape index (κ2) is 4.03. The lowest BCUT2D eigenvalue weighted by atomic mass is 10.1. The molecule has 0 aliphatic carbocycles. The minimum Gasteiger partial charge on any atom is -0.399 e. The number of anilines is 1. The summed E-state index contributed by atoms with van der Waals surface area (Å²) in [6.07, 6.45) is 0.994. The fourth-order valence-electron chi connectivity index (χ4n) is 1.55. The number of nitrogens with zero attached hydrogens (tertiary/aromatic N) is 1. The Hall–Kier alpha value is -1.35. The van der Waals surface area contributed by atoms with Crippen LogP contribution in [-0.2, 0) is 6.42 Å². The molecular formula is C12H14N2S. The van der Waals surface area contributed by atoms with Crippen LogP contribution >= 0.6 is 11.3 Å². The van der Waals surface area contributed by atoms with Crippen LogP contribution in [-0.4, -0.2) is 4.98 Å². The van der Waals surface area contributed by atoms with E-state index in [1.54, 1.807) is 11.3 Å². The summed E-state index contributed by atoms with van der Waals surface area (Å²) in [6, 6.07) is 7.96. The summed E-state index contributed by atoms with van der Waals surface area (Å²) in [5.74, 6) is 0. The van der Waals surface area contributed by atoms with Crippen molar-refractivity contribution in [1.82, 2.24) is 4.98 Å². The highest BCUT2D eigenvalue weighted by Gasteiger charge is 2.08. The fraction of sp³-hybridized carbons (Fsp3) is 0.250. The number of aromatic nitrogens is 1. The van der Waals surface area contributed by atoms with Crippen LogP contribution in [0.3, 0.4) is 0 Å². The third-order valence-corrected chi connectivity index (χ3v) is 3.64. The molecule has 0 aliphatic rings. The number of benzene rings is 1. The molecule has 2 aromatic rings. The molecule has 0 fully saturated rings. The third-order valence-electron chi connectivity index (χ3n) is 2.29. The van der Waals surface area contributed by atoms with Crippen LogP contribution in [0.2, 0.25) is 0 Å². The maximum Gasteiger partial charge on any atom is 0.0931 e. The van der Waals surface area contributed by atoms with Gasteiger partial charge in [-0.1, -0.05) is 19.1 Å². The Kier molecular flexibility index (Phi) is 2.73. The van der Waals surface area contributed by atoms with Gasteiger partial charge in [0.05, 0.1) is 15.6 Å². The zero-order valence-electron chi connectivity index (χ0n) is 8.95. The molecule has 0 amide bonds. The Morgan fingerprint density at radius 1 is 1.40 bits per heavy atom. The first kappa shape index (κ1) is 10.2. The zero-order chi connectivity index (χ0) is 10.8. The maximum absolute atomic E-state index is 5.77. The molecule has 15 heavy (non-hydrogen) atoms. The largest absolute Gasteiger partial charge is 0.399 e. The first-order valence-electron chi connectivity index (χ1n) is 5.03. The molecule has 2 nitrogen and oxygen atoms in total. The third kappa shape index (κ3) is 2.02. The van der Waals surface area contributed by atoms with Crippen LogP contribution in [0.1, 0.15) is 17.6 Å². The van der Waals surface area contributed by atoms with Crippen molar-refractivity contribution in [3.8, 4) is 10.4 Å². The Morgan fingerprint density at radius 2 is 2.20 bits per heavy atom. The number of nitrogen functional groups attached to an aromatic ring is 1. The average Bonchev–Trinajstić information content (AvgIpc) is 2.60. The molecule has 0 saturated carbocycles. The molecule has 0 atom stereocenters. The molecule has 0 aliphatic heterocycles. The van der Waals surface area contributed by atoms with Crippen molar-refractivity contribution in [2.24, 2.45) is 0 Å².